The molecule has 0 spiro atoms. The molecule has 0 N–H and O–H groups in total. The lowest BCUT2D eigenvalue weighted by molar-refractivity contribution is 0.871. The van der Waals surface area contributed by atoms with Crippen LogP contribution in [0.15, 0.2) is 59.1 Å². The average Bonchev–Trinajstić information content (AvgIpc) is 2.86. The van der Waals surface area contributed by atoms with Gasteiger partial charge in [-0.05, 0) is 33.8 Å². The van der Waals surface area contributed by atoms with Crippen molar-refractivity contribution in [3.8, 4) is 0 Å². The second-order valence-electron chi connectivity index (χ2n) is 4.26. The molecule has 0 amide bonds. The van der Waals surface area contributed by atoms with E-state index in [0.717, 1.165) is 21.9 Å². The Bertz CT molecular complexity index is 738. The Morgan fingerprint density at radius 1 is 1.05 bits per heavy atom. The molecule has 0 radical (unpaired) electrons. The van der Waals surface area contributed by atoms with E-state index < -0.39 is 6.04 Å². The molecule has 1 atom stereocenters. The Morgan fingerprint density at radius 2 is 1.84 bits per heavy atom. The number of fused-ring (bicyclic) bond motifs is 1. The molecule has 0 fully saturated rings. The summed E-state index contributed by atoms with van der Waals surface area (Å²) >= 11 is 7.51. The minimum absolute atomic E-state index is 0.539. The third-order valence-electron chi connectivity index (χ3n) is 3.14. The molecule has 3 rings (SSSR count). The van der Waals surface area contributed by atoms with Gasteiger partial charge in [0.05, 0.1) is 4.34 Å². The van der Waals surface area contributed by atoms with Crippen LogP contribution in [0.3, 0.4) is 0 Å². The molecule has 1 aromatic heterocycles. The maximum atomic E-state index is 11.2. The van der Waals surface area contributed by atoms with Gasteiger partial charge < -0.3 is 0 Å². The van der Waals surface area contributed by atoms with Crippen molar-refractivity contribution in [1.82, 2.24) is 0 Å². The van der Waals surface area contributed by atoms with E-state index in [4.69, 9.17) is 11.6 Å². The third kappa shape index (κ3) is 2.27. The number of nitrogens with zero attached hydrogens (tertiary/aromatic N) is 1. The first-order valence-electron chi connectivity index (χ1n) is 5.83. The molecule has 0 saturated heterocycles. The second-order valence-corrected chi connectivity index (χ2v) is 5.78. The number of hydrogen-bond acceptors (Lipinski definition) is 3. The number of nitroso groups, excluding NO2 is 1. The molecule has 1 unspecified atom stereocenters. The van der Waals surface area contributed by atoms with Crippen LogP contribution in [0.4, 0.5) is 0 Å². The van der Waals surface area contributed by atoms with Crippen molar-refractivity contribution < 1.29 is 0 Å². The highest BCUT2D eigenvalue weighted by molar-refractivity contribution is 7.14. The standard InChI is InChI=1S/C15H10ClNOS/c16-15-13(7-8-19-15)14(17-18)12-6-5-10-3-1-2-4-11(10)9-12/h1-9,14H. The van der Waals surface area contributed by atoms with Gasteiger partial charge in [-0.15, -0.1) is 16.2 Å². The zero-order chi connectivity index (χ0) is 13.2. The fourth-order valence-electron chi connectivity index (χ4n) is 2.17. The van der Waals surface area contributed by atoms with Crippen LogP contribution in [0.1, 0.15) is 17.2 Å². The fourth-order valence-corrected chi connectivity index (χ4v) is 3.14. The topological polar surface area (TPSA) is 29.4 Å². The van der Waals surface area contributed by atoms with Gasteiger partial charge >= 0.3 is 0 Å². The van der Waals surface area contributed by atoms with Gasteiger partial charge in [0, 0.05) is 5.56 Å². The molecule has 2 aromatic carbocycles. The minimum atomic E-state index is -0.539. The van der Waals surface area contributed by atoms with Crippen LogP contribution in [-0.2, 0) is 0 Å². The normalized spacial score (nSPS) is 12.5. The summed E-state index contributed by atoms with van der Waals surface area (Å²) in [5.74, 6) is 0. The molecular formula is C15H10ClNOS. The van der Waals surface area contributed by atoms with Crippen LogP contribution in [0.2, 0.25) is 4.34 Å². The Kier molecular flexibility index (Phi) is 3.32. The summed E-state index contributed by atoms with van der Waals surface area (Å²) in [7, 11) is 0. The lowest BCUT2D eigenvalue weighted by atomic mass is 9.99. The van der Waals surface area contributed by atoms with E-state index in [1.54, 1.807) is 0 Å². The summed E-state index contributed by atoms with van der Waals surface area (Å²) in [6.45, 7) is 0. The summed E-state index contributed by atoms with van der Waals surface area (Å²) < 4.78 is 0.623. The molecule has 2 nitrogen and oxygen atoms in total. The highest BCUT2D eigenvalue weighted by Crippen LogP contribution is 2.35. The minimum Gasteiger partial charge on any atom is -0.150 e. The Morgan fingerprint density at radius 3 is 2.53 bits per heavy atom. The van der Waals surface area contributed by atoms with Crippen molar-refractivity contribution in [2.24, 2.45) is 5.18 Å². The molecule has 4 heteroatoms. The summed E-state index contributed by atoms with van der Waals surface area (Å²) in [4.78, 5) is 11.2. The monoisotopic (exact) mass is 287 g/mol. The van der Waals surface area contributed by atoms with Crippen LogP contribution in [0, 0.1) is 4.91 Å². The van der Waals surface area contributed by atoms with Gasteiger partial charge in [0.25, 0.3) is 0 Å². The molecule has 0 saturated carbocycles. The van der Waals surface area contributed by atoms with E-state index in [1.807, 2.05) is 53.9 Å². The maximum Gasteiger partial charge on any atom is 0.144 e. The second kappa shape index (κ2) is 5.11. The van der Waals surface area contributed by atoms with Gasteiger partial charge in [-0.1, -0.05) is 53.2 Å². The van der Waals surface area contributed by atoms with Crippen molar-refractivity contribution in [2.75, 3.05) is 0 Å². The van der Waals surface area contributed by atoms with Gasteiger partial charge in [0.1, 0.15) is 6.04 Å². The van der Waals surface area contributed by atoms with Crippen LogP contribution in [0.25, 0.3) is 10.8 Å². The Balaban J connectivity index is 2.11. The van der Waals surface area contributed by atoms with Crippen LogP contribution in [-0.4, -0.2) is 0 Å². The van der Waals surface area contributed by atoms with E-state index in [0.29, 0.717) is 4.34 Å². The molecule has 0 aliphatic rings. The van der Waals surface area contributed by atoms with Crippen LogP contribution < -0.4 is 0 Å². The lowest BCUT2D eigenvalue weighted by Gasteiger charge is -2.09. The number of halogens is 1. The van der Waals surface area contributed by atoms with Crippen LogP contribution >= 0.6 is 22.9 Å². The maximum absolute atomic E-state index is 11.2. The van der Waals surface area contributed by atoms with Gasteiger partial charge in [-0.2, -0.15) is 0 Å². The van der Waals surface area contributed by atoms with Crippen molar-refractivity contribution in [1.29, 1.82) is 0 Å². The summed E-state index contributed by atoms with van der Waals surface area (Å²) in [6, 6.07) is 15.3. The zero-order valence-corrected chi connectivity index (χ0v) is 11.5. The van der Waals surface area contributed by atoms with E-state index >= 15 is 0 Å². The highest BCUT2D eigenvalue weighted by Gasteiger charge is 2.18. The largest absolute Gasteiger partial charge is 0.150 e. The lowest BCUT2D eigenvalue weighted by Crippen LogP contribution is -1.96. The van der Waals surface area contributed by atoms with Crippen molar-refractivity contribution in [3.63, 3.8) is 0 Å². The smallest absolute Gasteiger partial charge is 0.144 e. The summed E-state index contributed by atoms with van der Waals surface area (Å²) in [6.07, 6.45) is 0. The number of hydrogen-bond donors (Lipinski definition) is 0. The van der Waals surface area contributed by atoms with E-state index in [2.05, 4.69) is 5.18 Å². The van der Waals surface area contributed by atoms with E-state index in [9.17, 15) is 4.91 Å². The molecule has 0 aliphatic heterocycles. The quantitative estimate of drug-likeness (QED) is 0.592. The van der Waals surface area contributed by atoms with Crippen molar-refractivity contribution in [3.05, 3.63) is 74.3 Å². The molecule has 0 aliphatic carbocycles. The summed E-state index contributed by atoms with van der Waals surface area (Å²) in [5, 5.41) is 7.36. The molecule has 3 aromatic rings. The number of thiophene rings is 1. The SMILES string of the molecule is O=NC(c1ccc2ccccc2c1)c1ccsc1Cl. The molecule has 0 bridgehead atoms. The highest BCUT2D eigenvalue weighted by atomic mass is 35.5. The summed E-state index contributed by atoms with van der Waals surface area (Å²) in [5.41, 5.74) is 1.64. The molecule has 1 heterocycles. The van der Waals surface area contributed by atoms with Crippen molar-refractivity contribution >= 4 is 33.7 Å². The number of rotatable bonds is 3. The first-order chi connectivity index (χ1) is 9.29. The van der Waals surface area contributed by atoms with Gasteiger partial charge in [-0.3, -0.25) is 0 Å². The average molecular weight is 288 g/mol. The Labute approximate surface area is 119 Å². The Hall–Kier alpha value is -1.71. The van der Waals surface area contributed by atoms with Gasteiger partial charge in [0.2, 0.25) is 0 Å². The predicted molar refractivity (Wildman–Crippen MR) is 80.9 cm³/mol. The first-order valence-corrected chi connectivity index (χ1v) is 7.09. The first kappa shape index (κ1) is 12.3. The molecular weight excluding hydrogens is 278 g/mol. The molecule has 94 valence electrons. The number of benzene rings is 2. The van der Waals surface area contributed by atoms with Crippen LogP contribution in [0.5, 0.6) is 0 Å². The van der Waals surface area contributed by atoms with Crippen molar-refractivity contribution in [2.45, 2.75) is 6.04 Å². The fraction of sp³-hybridized carbons (Fsp3) is 0.0667. The van der Waals surface area contributed by atoms with E-state index in [-0.39, 0.29) is 0 Å². The van der Waals surface area contributed by atoms with Gasteiger partial charge in [-0.25, -0.2) is 0 Å². The molecule has 19 heavy (non-hydrogen) atoms. The third-order valence-corrected chi connectivity index (χ3v) is 4.34. The van der Waals surface area contributed by atoms with Gasteiger partial charge in [0.15, 0.2) is 0 Å². The van der Waals surface area contributed by atoms with E-state index in [1.165, 1.54) is 11.3 Å². The predicted octanol–water partition coefficient (Wildman–Crippen LogP) is 5.41. The zero-order valence-electron chi connectivity index (χ0n) is 9.92.